The molecule has 1 fully saturated rings. The highest BCUT2D eigenvalue weighted by atomic mass is 79.9. The Labute approximate surface area is 230 Å². The highest BCUT2D eigenvalue weighted by Crippen LogP contribution is 2.41. The largest absolute Gasteiger partial charge is 0.483 e. The molecule has 2 unspecified atom stereocenters. The van der Waals surface area contributed by atoms with Crippen LogP contribution in [-0.4, -0.2) is 36.3 Å². The smallest absolute Gasteiger partial charge is 0.238 e. The Kier molecular flexibility index (Phi) is 11.0. The second-order valence-electron chi connectivity index (χ2n) is 9.68. The predicted molar refractivity (Wildman–Crippen MR) is 156 cm³/mol. The fraction of sp³-hybridized carbons (Fsp3) is 0.552. The SMILES string of the molecule is CCC(C)CC(S)c1c(Br)c(=O)c(OCc2ccccc2)c(C(=C2CCC2)N(CC)CCOC)n1C. The lowest BCUT2D eigenvalue weighted by molar-refractivity contribution is 0.173. The molecule has 0 amide bonds. The van der Waals surface area contributed by atoms with Gasteiger partial charge in [0.2, 0.25) is 5.43 Å². The molecule has 0 saturated heterocycles. The molecular weight excluding hydrogens is 536 g/mol. The minimum atomic E-state index is -0.113. The first kappa shape index (κ1) is 28.9. The maximum atomic E-state index is 13.9. The van der Waals surface area contributed by atoms with Crippen molar-refractivity contribution in [1.29, 1.82) is 0 Å². The first-order valence-corrected chi connectivity index (χ1v) is 14.4. The van der Waals surface area contributed by atoms with Crippen molar-refractivity contribution in [2.24, 2.45) is 13.0 Å². The Hall–Kier alpha value is -1.70. The molecule has 5 nitrogen and oxygen atoms in total. The summed E-state index contributed by atoms with van der Waals surface area (Å²) in [5.41, 5.74) is 5.16. The highest BCUT2D eigenvalue weighted by molar-refractivity contribution is 9.10. The van der Waals surface area contributed by atoms with Gasteiger partial charge in [-0.1, -0.05) is 50.6 Å². The second-order valence-corrected chi connectivity index (χ2v) is 11.1. The number of hydrogen-bond donors (Lipinski definition) is 1. The number of rotatable bonds is 13. The van der Waals surface area contributed by atoms with Gasteiger partial charge in [0.05, 0.1) is 16.8 Å². The first-order valence-electron chi connectivity index (χ1n) is 13.1. The molecule has 2 atom stereocenters. The van der Waals surface area contributed by atoms with Crippen molar-refractivity contribution in [3.05, 3.63) is 67.6 Å². The summed E-state index contributed by atoms with van der Waals surface area (Å²) in [4.78, 5) is 16.3. The van der Waals surface area contributed by atoms with Crippen LogP contribution in [0.15, 0.2) is 45.2 Å². The number of thiol groups is 1. The number of likely N-dealkylation sites (N-methyl/N-ethyl adjacent to an activating group) is 1. The molecule has 1 aliphatic carbocycles. The molecule has 0 radical (unpaired) electrons. The zero-order chi connectivity index (χ0) is 26.2. The van der Waals surface area contributed by atoms with Gasteiger partial charge in [-0.25, -0.2) is 0 Å². The first-order chi connectivity index (χ1) is 17.3. The van der Waals surface area contributed by atoms with Gasteiger partial charge in [-0.3, -0.25) is 4.79 Å². The number of halogens is 1. The van der Waals surface area contributed by atoms with E-state index in [1.807, 2.05) is 37.4 Å². The molecule has 198 valence electrons. The lowest BCUT2D eigenvalue weighted by atomic mass is 9.88. The summed E-state index contributed by atoms with van der Waals surface area (Å²) in [5.74, 6) is 0.900. The van der Waals surface area contributed by atoms with Crippen molar-refractivity contribution in [3.8, 4) is 5.75 Å². The average Bonchev–Trinajstić information content (AvgIpc) is 2.84. The van der Waals surface area contributed by atoms with Crippen LogP contribution in [0.5, 0.6) is 5.75 Å². The molecule has 1 aromatic carbocycles. The molecule has 0 bridgehead atoms. The third-order valence-corrected chi connectivity index (χ3v) is 8.41. The summed E-state index contributed by atoms with van der Waals surface area (Å²) in [6.45, 7) is 9.10. The number of nitrogens with zero attached hydrogens (tertiary/aromatic N) is 2. The summed E-state index contributed by atoms with van der Waals surface area (Å²) >= 11 is 8.65. The lowest BCUT2D eigenvalue weighted by Gasteiger charge is -2.35. The van der Waals surface area contributed by atoms with Crippen molar-refractivity contribution in [1.82, 2.24) is 9.47 Å². The fourth-order valence-electron chi connectivity index (χ4n) is 4.66. The van der Waals surface area contributed by atoms with Gasteiger partial charge in [-0.15, -0.1) is 0 Å². The van der Waals surface area contributed by atoms with Crippen LogP contribution in [-0.2, 0) is 18.4 Å². The average molecular weight is 578 g/mol. The van der Waals surface area contributed by atoms with Gasteiger partial charge in [-0.05, 0) is 65.6 Å². The van der Waals surface area contributed by atoms with Crippen LogP contribution in [0.2, 0.25) is 0 Å². The summed E-state index contributed by atoms with van der Waals surface area (Å²) in [6, 6.07) is 10.00. The van der Waals surface area contributed by atoms with Gasteiger partial charge < -0.3 is 18.9 Å². The Morgan fingerprint density at radius 3 is 2.47 bits per heavy atom. The van der Waals surface area contributed by atoms with Gasteiger partial charge in [0.15, 0.2) is 5.75 Å². The third kappa shape index (κ3) is 6.59. The highest BCUT2D eigenvalue weighted by Gasteiger charge is 2.31. The van der Waals surface area contributed by atoms with Crippen LogP contribution >= 0.6 is 28.6 Å². The summed E-state index contributed by atoms with van der Waals surface area (Å²) < 4.78 is 14.5. The Balaban J connectivity index is 2.22. The molecule has 2 aromatic rings. The monoisotopic (exact) mass is 576 g/mol. The van der Waals surface area contributed by atoms with Crippen molar-refractivity contribution in [2.45, 2.75) is 64.7 Å². The van der Waals surface area contributed by atoms with Crippen LogP contribution in [0.25, 0.3) is 5.70 Å². The van der Waals surface area contributed by atoms with E-state index in [0.717, 1.165) is 61.4 Å². The summed E-state index contributed by atoms with van der Waals surface area (Å²) in [7, 11) is 3.78. The number of ether oxygens (including phenoxy) is 2. The third-order valence-electron chi connectivity index (χ3n) is 7.19. The molecule has 7 heteroatoms. The van der Waals surface area contributed by atoms with Crippen LogP contribution < -0.4 is 10.2 Å². The van der Waals surface area contributed by atoms with E-state index in [9.17, 15) is 4.79 Å². The zero-order valence-electron chi connectivity index (χ0n) is 22.3. The predicted octanol–water partition coefficient (Wildman–Crippen LogP) is 7.00. The Morgan fingerprint density at radius 2 is 1.92 bits per heavy atom. The lowest BCUT2D eigenvalue weighted by Crippen LogP contribution is -2.32. The molecule has 36 heavy (non-hydrogen) atoms. The van der Waals surface area contributed by atoms with Gasteiger partial charge in [0, 0.05) is 38.2 Å². The van der Waals surface area contributed by atoms with E-state index in [1.165, 1.54) is 12.0 Å². The van der Waals surface area contributed by atoms with Crippen molar-refractivity contribution >= 4 is 34.3 Å². The number of benzene rings is 1. The van der Waals surface area contributed by atoms with E-state index in [0.29, 0.717) is 29.4 Å². The van der Waals surface area contributed by atoms with Gasteiger partial charge in [0.1, 0.15) is 12.3 Å². The fourth-order valence-corrected chi connectivity index (χ4v) is 6.22. The van der Waals surface area contributed by atoms with Gasteiger partial charge >= 0.3 is 0 Å². The topological polar surface area (TPSA) is 43.7 Å². The molecule has 0 N–H and O–H groups in total. The molecule has 1 aliphatic rings. The van der Waals surface area contributed by atoms with E-state index in [1.54, 1.807) is 7.11 Å². The Bertz CT molecular complexity index is 1090. The molecule has 1 saturated carbocycles. The van der Waals surface area contributed by atoms with E-state index in [-0.39, 0.29) is 10.7 Å². The van der Waals surface area contributed by atoms with Crippen LogP contribution in [0.3, 0.4) is 0 Å². The number of allylic oxidation sites excluding steroid dienone is 1. The molecule has 0 spiro atoms. The van der Waals surface area contributed by atoms with Crippen LogP contribution in [0, 0.1) is 5.92 Å². The number of pyridine rings is 1. The number of aromatic nitrogens is 1. The second kappa shape index (κ2) is 13.7. The summed E-state index contributed by atoms with van der Waals surface area (Å²) in [6.07, 6.45) is 5.20. The van der Waals surface area contributed by atoms with Crippen molar-refractivity contribution in [3.63, 3.8) is 0 Å². The van der Waals surface area contributed by atoms with E-state index < -0.39 is 0 Å². The molecule has 3 rings (SSSR count). The van der Waals surface area contributed by atoms with Crippen molar-refractivity contribution in [2.75, 3.05) is 26.8 Å². The Morgan fingerprint density at radius 1 is 1.22 bits per heavy atom. The van der Waals surface area contributed by atoms with Gasteiger partial charge in [0.25, 0.3) is 0 Å². The van der Waals surface area contributed by atoms with Crippen LogP contribution in [0.4, 0.5) is 0 Å². The van der Waals surface area contributed by atoms with E-state index in [2.05, 4.69) is 46.2 Å². The summed E-state index contributed by atoms with van der Waals surface area (Å²) in [5, 5.41) is -0.0735. The zero-order valence-corrected chi connectivity index (χ0v) is 24.8. The maximum absolute atomic E-state index is 13.9. The van der Waals surface area contributed by atoms with Crippen molar-refractivity contribution < 1.29 is 9.47 Å². The van der Waals surface area contributed by atoms with Gasteiger partial charge in [-0.2, -0.15) is 12.6 Å². The molecule has 0 aliphatic heterocycles. The van der Waals surface area contributed by atoms with E-state index in [4.69, 9.17) is 22.1 Å². The maximum Gasteiger partial charge on any atom is 0.238 e. The minimum Gasteiger partial charge on any atom is -0.483 e. The minimum absolute atomic E-state index is 0.0735. The molecule has 1 aromatic heterocycles. The molecular formula is C29H41BrN2O3S. The van der Waals surface area contributed by atoms with Crippen LogP contribution in [0.1, 0.15) is 75.1 Å². The molecule has 1 heterocycles. The normalized spacial score (nSPS) is 14.8. The van der Waals surface area contributed by atoms with E-state index >= 15 is 0 Å². The number of hydrogen-bond acceptors (Lipinski definition) is 5. The standard InChI is InChI=1S/C29H41BrN2O3S/c1-6-20(3)18-23(36)26-24(30)28(33)29(35-19-21-12-9-8-10-13-21)27(31(26)4)25(22-14-11-15-22)32(7-2)16-17-34-5/h8-10,12-13,20,23,36H,6-7,11,14-19H2,1-5H3. The quantitative estimate of drug-likeness (QED) is 0.261. The number of methoxy groups -OCH3 is 1.